The maximum atomic E-state index is 11.9. The monoisotopic (exact) mass is 346 g/mol. The Morgan fingerprint density at radius 2 is 2.10 bits per heavy atom. The van der Waals surface area contributed by atoms with Gasteiger partial charge in [-0.15, -0.1) is 0 Å². The van der Waals surface area contributed by atoms with Crippen LogP contribution >= 0.6 is 15.9 Å². The average molecular weight is 347 g/mol. The molecule has 0 aliphatic carbocycles. The van der Waals surface area contributed by atoms with E-state index in [-0.39, 0.29) is 5.91 Å². The van der Waals surface area contributed by atoms with E-state index in [1.54, 1.807) is 24.4 Å². The van der Waals surface area contributed by atoms with Crippen molar-refractivity contribution < 1.29 is 9.53 Å². The number of hydrogen-bond donors (Lipinski definition) is 1. The lowest BCUT2D eigenvalue weighted by molar-refractivity contribution is 0.0955. The van der Waals surface area contributed by atoms with Crippen molar-refractivity contribution in [1.82, 2.24) is 5.43 Å². The predicted octanol–water partition coefficient (Wildman–Crippen LogP) is 3.61. The standard InChI is InChI=1S/C16H15BrN2O2/c1-2-21-15-9-4-3-6-13(15)11-18-19-16(20)12-7-5-8-14(17)10-12/h3-11H,2H2,1H3,(H,19,20)/b18-11-. The normalized spacial score (nSPS) is 10.6. The first-order chi connectivity index (χ1) is 10.2. The number of halogens is 1. The second-order valence-corrected chi connectivity index (χ2v) is 5.10. The summed E-state index contributed by atoms with van der Waals surface area (Å²) in [6.07, 6.45) is 1.57. The van der Waals surface area contributed by atoms with E-state index in [4.69, 9.17) is 4.74 Å². The van der Waals surface area contributed by atoms with Crippen LogP contribution in [0.25, 0.3) is 0 Å². The summed E-state index contributed by atoms with van der Waals surface area (Å²) in [5.74, 6) is 0.474. The van der Waals surface area contributed by atoms with E-state index in [2.05, 4.69) is 26.5 Å². The van der Waals surface area contributed by atoms with Gasteiger partial charge in [-0.25, -0.2) is 5.43 Å². The number of nitrogens with one attached hydrogen (secondary N) is 1. The predicted molar refractivity (Wildman–Crippen MR) is 86.8 cm³/mol. The Hall–Kier alpha value is -2.14. The minimum atomic E-state index is -0.263. The molecule has 0 aromatic heterocycles. The average Bonchev–Trinajstić information content (AvgIpc) is 2.49. The van der Waals surface area contributed by atoms with Gasteiger partial charge in [0.2, 0.25) is 0 Å². The smallest absolute Gasteiger partial charge is 0.271 e. The van der Waals surface area contributed by atoms with Gasteiger partial charge < -0.3 is 4.74 Å². The van der Waals surface area contributed by atoms with Gasteiger partial charge in [-0.05, 0) is 37.3 Å². The van der Waals surface area contributed by atoms with Gasteiger partial charge in [0.1, 0.15) is 5.75 Å². The Morgan fingerprint density at radius 3 is 2.86 bits per heavy atom. The second kappa shape index (κ2) is 7.59. The molecule has 0 aliphatic heterocycles. The lowest BCUT2D eigenvalue weighted by Crippen LogP contribution is -2.17. The molecule has 2 aromatic rings. The Kier molecular flexibility index (Phi) is 5.51. The van der Waals surface area contributed by atoms with Crippen LogP contribution in [0.4, 0.5) is 0 Å². The van der Waals surface area contributed by atoms with Gasteiger partial charge >= 0.3 is 0 Å². The quantitative estimate of drug-likeness (QED) is 0.664. The summed E-state index contributed by atoms with van der Waals surface area (Å²) in [4.78, 5) is 11.9. The number of carbonyl (C=O) groups is 1. The minimum Gasteiger partial charge on any atom is -0.493 e. The first-order valence-corrected chi connectivity index (χ1v) is 7.31. The summed E-state index contributed by atoms with van der Waals surface area (Å²) >= 11 is 3.33. The van der Waals surface area contributed by atoms with E-state index in [0.29, 0.717) is 12.2 Å². The van der Waals surface area contributed by atoms with E-state index in [1.807, 2.05) is 37.3 Å². The van der Waals surface area contributed by atoms with Crippen LogP contribution in [0.5, 0.6) is 5.75 Å². The Labute approximate surface area is 132 Å². The molecule has 0 unspecified atom stereocenters. The van der Waals surface area contributed by atoms with Crippen LogP contribution < -0.4 is 10.2 Å². The summed E-state index contributed by atoms with van der Waals surface area (Å²) in [6.45, 7) is 2.50. The molecule has 1 amide bonds. The van der Waals surface area contributed by atoms with E-state index in [1.165, 1.54) is 0 Å². The zero-order valence-electron chi connectivity index (χ0n) is 11.5. The maximum absolute atomic E-state index is 11.9. The van der Waals surface area contributed by atoms with Crippen molar-refractivity contribution in [2.75, 3.05) is 6.61 Å². The summed E-state index contributed by atoms with van der Waals surface area (Å²) in [5, 5.41) is 3.97. The largest absolute Gasteiger partial charge is 0.493 e. The Balaban J connectivity index is 2.04. The number of hydrazone groups is 1. The number of hydrogen-bond acceptors (Lipinski definition) is 3. The van der Waals surface area contributed by atoms with Gasteiger partial charge in [-0.2, -0.15) is 5.10 Å². The third kappa shape index (κ3) is 4.43. The fraction of sp³-hybridized carbons (Fsp3) is 0.125. The molecule has 0 saturated carbocycles. The molecule has 0 spiro atoms. The Morgan fingerprint density at radius 1 is 1.29 bits per heavy atom. The highest BCUT2D eigenvalue weighted by Crippen LogP contribution is 2.15. The molecule has 108 valence electrons. The van der Waals surface area contributed by atoms with Crippen LogP contribution in [0.3, 0.4) is 0 Å². The molecule has 2 aromatic carbocycles. The van der Waals surface area contributed by atoms with Crippen LogP contribution in [0.2, 0.25) is 0 Å². The molecular weight excluding hydrogens is 332 g/mol. The molecule has 0 radical (unpaired) electrons. The van der Waals surface area contributed by atoms with E-state index < -0.39 is 0 Å². The molecule has 4 nitrogen and oxygen atoms in total. The third-order valence-corrected chi connectivity index (χ3v) is 3.17. The fourth-order valence-corrected chi connectivity index (χ4v) is 2.13. The number of carbonyl (C=O) groups excluding carboxylic acids is 1. The summed E-state index contributed by atoms with van der Waals surface area (Å²) in [7, 11) is 0. The number of benzene rings is 2. The zero-order chi connectivity index (χ0) is 15.1. The number of nitrogens with zero attached hydrogens (tertiary/aromatic N) is 1. The van der Waals surface area contributed by atoms with Crippen molar-refractivity contribution in [3.63, 3.8) is 0 Å². The SMILES string of the molecule is CCOc1ccccc1/C=N\NC(=O)c1cccc(Br)c1. The highest BCUT2D eigenvalue weighted by Gasteiger charge is 2.04. The first kappa shape index (κ1) is 15.3. The molecule has 2 rings (SSSR count). The lowest BCUT2D eigenvalue weighted by atomic mass is 10.2. The summed E-state index contributed by atoms with van der Waals surface area (Å²) in [5.41, 5.74) is 3.85. The van der Waals surface area contributed by atoms with E-state index >= 15 is 0 Å². The van der Waals surface area contributed by atoms with Crippen molar-refractivity contribution in [2.24, 2.45) is 5.10 Å². The van der Waals surface area contributed by atoms with Crippen molar-refractivity contribution in [3.8, 4) is 5.75 Å². The van der Waals surface area contributed by atoms with Crippen molar-refractivity contribution >= 4 is 28.1 Å². The first-order valence-electron chi connectivity index (χ1n) is 6.51. The lowest BCUT2D eigenvalue weighted by Gasteiger charge is -2.06. The molecular formula is C16H15BrN2O2. The number of rotatable bonds is 5. The fourth-order valence-electron chi connectivity index (χ4n) is 1.73. The zero-order valence-corrected chi connectivity index (χ0v) is 13.1. The Bertz CT molecular complexity index is 656. The number of para-hydroxylation sites is 1. The molecule has 0 atom stereocenters. The minimum absolute atomic E-state index is 0.263. The maximum Gasteiger partial charge on any atom is 0.271 e. The molecule has 0 saturated heterocycles. The van der Waals surface area contributed by atoms with Gasteiger partial charge in [0, 0.05) is 15.6 Å². The second-order valence-electron chi connectivity index (χ2n) is 4.18. The van der Waals surface area contributed by atoms with Crippen molar-refractivity contribution in [3.05, 3.63) is 64.1 Å². The van der Waals surface area contributed by atoms with E-state index in [0.717, 1.165) is 15.8 Å². The van der Waals surface area contributed by atoms with Gasteiger partial charge in [-0.3, -0.25) is 4.79 Å². The van der Waals surface area contributed by atoms with Crippen LogP contribution in [0.1, 0.15) is 22.8 Å². The van der Waals surface area contributed by atoms with Gasteiger partial charge in [0.15, 0.2) is 0 Å². The highest BCUT2D eigenvalue weighted by atomic mass is 79.9. The van der Waals surface area contributed by atoms with Crippen LogP contribution in [-0.2, 0) is 0 Å². The third-order valence-electron chi connectivity index (χ3n) is 2.68. The number of amides is 1. The molecule has 5 heteroatoms. The summed E-state index contributed by atoms with van der Waals surface area (Å²) < 4.78 is 6.33. The van der Waals surface area contributed by atoms with Gasteiger partial charge in [0.25, 0.3) is 5.91 Å². The van der Waals surface area contributed by atoms with Gasteiger partial charge in [-0.1, -0.05) is 34.1 Å². The van der Waals surface area contributed by atoms with Crippen LogP contribution in [0.15, 0.2) is 58.1 Å². The topological polar surface area (TPSA) is 50.7 Å². The van der Waals surface area contributed by atoms with Crippen molar-refractivity contribution in [2.45, 2.75) is 6.92 Å². The molecule has 0 bridgehead atoms. The molecule has 0 fully saturated rings. The molecule has 0 aliphatic rings. The van der Waals surface area contributed by atoms with Gasteiger partial charge in [0.05, 0.1) is 12.8 Å². The van der Waals surface area contributed by atoms with Crippen LogP contribution in [-0.4, -0.2) is 18.7 Å². The van der Waals surface area contributed by atoms with E-state index in [9.17, 15) is 4.79 Å². The van der Waals surface area contributed by atoms with Crippen LogP contribution in [0, 0.1) is 0 Å². The highest BCUT2D eigenvalue weighted by molar-refractivity contribution is 9.10. The summed E-state index contributed by atoms with van der Waals surface area (Å²) in [6, 6.07) is 14.6. The molecule has 1 N–H and O–H groups in total. The number of ether oxygens (including phenoxy) is 1. The molecule has 21 heavy (non-hydrogen) atoms. The van der Waals surface area contributed by atoms with Crippen molar-refractivity contribution in [1.29, 1.82) is 0 Å². The molecule has 0 heterocycles.